The summed E-state index contributed by atoms with van der Waals surface area (Å²) in [6, 6.07) is 12.4. The van der Waals surface area contributed by atoms with Gasteiger partial charge in [-0.05, 0) is 44.0 Å². The zero-order valence-corrected chi connectivity index (χ0v) is 16.7. The zero-order chi connectivity index (χ0) is 20.0. The Morgan fingerprint density at radius 2 is 1.63 bits per heavy atom. The number of halogens is 5. The van der Waals surface area contributed by atoms with E-state index in [1.54, 1.807) is 0 Å². The third-order valence-electron chi connectivity index (χ3n) is 4.71. The van der Waals surface area contributed by atoms with Crippen LogP contribution < -0.4 is 0 Å². The molecule has 3 rings (SSSR count). The van der Waals surface area contributed by atoms with Crippen molar-refractivity contribution in [3.63, 3.8) is 0 Å². The summed E-state index contributed by atoms with van der Waals surface area (Å²) >= 11 is 11.9. The van der Waals surface area contributed by atoms with Crippen molar-refractivity contribution in [1.82, 2.24) is 5.06 Å². The van der Waals surface area contributed by atoms with Crippen LogP contribution in [0.15, 0.2) is 48.5 Å². The molecule has 0 spiro atoms. The summed E-state index contributed by atoms with van der Waals surface area (Å²) in [6.45, 7) is 5.47. The second kappa shape index (κ2) is 6.96. The van der Waals surface area contributed by atoms with Crippen molar-refractivity contribution in [2.24, 2.45) is 0 Å². The minimum atomic E-state index is -4.64. The van der Waals surface area contributed by atoms with Gasteiger partial charge in [0.25, 0.3) is 0 Å². The van der Waals surface area contributed by atoms with Gasteiger partial charge in [-0.25, -0.2) is 0 Å². The van der Waals surface area contributed by atoms with Crippen molar-refractivity contribution in [3.8, 4) is 0 Å². The normalized spacial score (nSPS) is 24.4. The molecule has 1 aliphatic rings. The molecule has 1 saturated heterocycles. The van der Waals surface area contributed by atoms with E-state index in [4.69, 9.17) is 28.0 Å². The Balaban J connectivity index is 2.16. The highest BCUT2D eigenvalue weighted by Crippen LogP contribution is 2.56. The molecule has 0 bridgehead atoms. The first-order valence-electron chi connectivity index (χ1n) is 8.51. The van der Waals surface area contributed by atoms with E-state index in [2.05, 4.69) is 0 Å². The molecule has 7 heteroatoms. The van der Waals surface area contributed by atoms with E-state index in [1.807, 2.05) is 51.1 Å². The number of benzene rings is 2. The van der Waals surface area contributed by atoms with Crippen LogP contribution in [-0.4, -0.2) is 16.8 Å². The Hall–Kier alpha value is -1.27. The Kier molecular flexibility index (Phi) is 5.28. The molecule has 0 radical (unpaired) electrons. The molecule has 146 valence electrons. The number of hydroxylamine groups is 2. The van der Waals surface area contributed by atoms with Crippen LogP contribution in [0.4, 0.5) is 13.2 Å². The van der Waals surface area contributed by atoms with Gasteiger partial charge in [0, 0.05) is 12.0 Å². The van der Waals surface area contributed by atoms with E-state index in [1.165, 1.54) is 23.3 Å². The monoisotopic (exact) mass is 417 g/mol. The quantitative estimate of drug-likeness (QED) is 0.525. The maximum atomic E-state index is 14.4. The van der Waals surface area contributed by atoms with Crippen molar-refractivity contribution in [2.45, 2.75) is 50.6 Å². The van der Waals surface area contributed by atoms with Gasteiger partial charge in [-0.3, -0.25) is 4.84 Å². The summed E-state index contributed by atoms with van der Waals surface area (Å²) in [5.41, 5.74) is -2.45. The summed E-state index contributed by atoms with van der Waals surface area (Å²) in [6.07, 6.45) is -4.92. The first-order chi connectivity index (χ1) is 12.5. The molecule has 1 fully saturated rings. The first kappa shape index (κ1) is 20.5. The van der Waals surface area contributed by atoms with Crippen LogP contribution in [-0.2, 0) is 10.4 Å². The number of rotatable bonds is 2. The number of nitrogens with zero attached hydrogens (tertiary/aromatic N) is 1. The van der Waals surface area contributed by atoms with Gasteiger partial charge >= 0.3 is 6.18 Å². The third-order valence-corrected chi connectivity index (χ3v) is 5.45. The smallest absolute Gasteiger partial charge is 0.277 e. The number of alkyl halides is 3. The molecule has 0 aliphatic carbocycles. The molecule has 2 unspecified atom stereocenters. The van der Waals surface area contributed by atoms with Gasteiger partial charge in [0.15, 0.2) is 0 Å². The fourth-order valence-electron chi connectivity index (χ4n) is 3.41. The fourth-order valence-corrected chi connectivity index (χ4v) is 3.70. The third kappa shape index (κ3) is 3.70. The molecule has 1 aliphatic heterocycles. The lowest BCUT2D eigenvalue weighted by molar-refractivity contribution is -0.344. The van der Waals surface area contributed by atoms with Crippen LogP contribution >= 0.6 is 23.2 Å². The van der Waals surface area contributed by atoms with Gasteiger partial charge in [-0.2, -0.15) is 18.2 Å². The highest BCUT2D eigenvalue weighted by atomic mass is 35.5. The van der Waals surface area contributed by atoms with E-state index in [9.17, 15) is 13.2 Å². The summed E-state index contributed by atoms with van der Waals surface area (Å²) in [4.78, 5) is 5.73. The topological polar surface area (TPSA) is 12.5 Å². The fraction of sp³-hybridized carbons (Fsp3) is 0.400. The van der Waals surface area contributed by atoms with Gasteiger partial charge in [-0.1, -0.05) is 59.6 Å². The van der Waals surface area contributed by atoms with Crippen LogP contribution in [0.1, 0.15) is 44.4 Å². The second-order valence-corrected chi connectivity index (χ2v) is 8.49. The van der Waals surface area contributed by atoms with E-state index < -0.39 is 23.4 Å². The molecular formula is C20H20Cl2F3NO. The van der Waals surface area contributed by atoms with Crippen LogP contribution in [0.5, 0.6) is 0 Å². The molecule has 2 aromatic carbocycles. The lowest BCUT2D eigenvalue weighted by atomic mass is 9.85. The molecule has 1 heterocycles. The van der Waals surface area contributed by atoms with Gasteiger partial charge in [0.2, 0.25) is 5.60 Å². The molecule has 2 atom stereocenters. The zero-order valence-electron chi connectivity index (χ0n) is 15.1. The molecule has 0 aromatic heterocycles. The van der Waals surface area contributed by atoms with E-state index >= 15 is 0 Å². The highest BCUT2D eigenvalue weighted by Gasteiger charge is 2.65. The summed E-state index contributed by atoms with van der Waals surface area (Å²) in [7, 11) is 0. The largest absolute Gasteiger partial charge is 0.423 e. The predicted octanol–water partition coefficient (Wildman–Crippen LogP) is 6.93. The van der Waals surface area contributed by atoms with Crippen molar-refractivity contribution in [2.75, 3.05) is 0 Å². The SMILES string of the molecule is CC(C)(C)N1OC(c2ccc(Cl)c(Cl)c2)(C(F)(F)F)CC1c1ccccc1. The summed E-state index contributed by atoms with van der Waals surface area (Å²) in [5.74, 6) is 0. The predicted molar refractivity (Wildman–Crippen MR) is 101 cm³/mol. The first-order valence-corrected chi connectivity index (χ1v) is 9.27. The number of hydrogen-bond acceptors (Lipinski definition) is 2. The average Bonchev–Trinajstić information content (AvgIpc) is 3.00. The number of hydrogen-bond donors (Lipinski definition) is 0. The van der Waals surface area contributed by atoms with E-state index in [-0.39, 0.29) is 22.0 Å². The van der Waals surface area contributed by atoms with Crippen LogP contribution in [0.25, 0.3) is 0 Å². The van der Waals surface area contributed by atoms with Crippen molar-refractivity contribution >= 4 is 23.2 Å². The van der Waals surface area contributed by atoms with Gasteiger partial charge < -0.3 is 0 Å². The van der Waals surface area contributed by atoms with Gasteiger partial charge in [-0.15, -0.1) is 0 Å². The van der Waals surface area contributed by atoms with Crippen molar-refractivity contribution in [3.05, 3.63) is 69.7 Å². The Bertz CT molecular complexity index is 820. The second-order valence-electron chi connectivity index (χ2n) is 7.67. The summed E-state index contributed by atoms with van der Waals surface area (Å²) < 4.78 is 43.1. The minimum Gasteiger partial charge on any atom is -0.277 e. The van der Waals surface area contributed by atoms with Crippen LogP contribution in [0, 0.1) is 0 Å². The van der Waals surface area contributed by atoms with E-state index in [0.717, 1.165) is 5.56 Å². The Morgan fingerprint density at radius 3 is 2.15 bits per heavy atom. The lowest BCUT2D eigenvalue weighted by Gasteiger charge is -2.37. The Labute approximate surface area is 166 Å². The molecule has 0 N–H and O–H groups in total. The standard InChI is InChI=1S/C20H20Cl2F3NO/c1-18(2,3)26-17(13-7-5-4-6-8-13)12-19(27-26,20(23,24)25)14-9-10-15(21)16(22)11-14/h4-11,17H,12H2,1-3H3. The lowest BCUT2D eigenvalue weighted by Crippen LogP contribution is -2.46. The molecule has 27 heavy (non-hydrogen) atoms. The van der Waals surface area contributed by atoms with Crippen LogP contribution in [0.2, 0.25) is 10.0 Å². The average molecular weight is 418 g/mol. The molecule has 2 nitrogen and oxygen atoms in total. The van der Waals surface area contributed by atoms with E-state index in [0.29, 0.717) is 0 Å². The maximum Gasteiger partial charge on any atom is 0.423 e. The molecule has 2 aromatic rings. The molecule has 0 amide bonds. The van der Waals surface area contributed by atoms with Crippen molar-refractivity contribution < 1.29 is 18.0 Å². The molecular weight excluding hydrogens is 398 g/mol. The van der Waals surface area contributed by atoms with Crippen LogP contribution in [0.3, 0.4) is 0 Å². The highest BCUT2D eigenvalue weighted by molar-refractivity contribution is 6.42. The Morgan fingerprint density at radius 1 is 1.00 bits per heavy atom. The van der Waals surface area contributed by atoms with Crippen molar-refractivity contribution in [1.29, 1.82) is 0 Å². The minimum absolute atomic E-state index is 0.0583. The molecule has 0 saturated carbocycles. The van der Waals surface area contributed by atoms with Gasteiger partial charge in [0.05, 0.1) is 16.1 Å². The van der Waals surface area contributed by atoms with Gasteiger partial charge in [0.1, 0.15) is 0 Å². The maximum absolute atomic E-state index is 14.4. The summed E-state index contributed by atoms with van der Waals surface area (Å²) in [5, 5.41) is 1.70.